The van der Waals surface area contributed by atoms with Crippen molar-refractivity contribution in [3.8, 4) is 17.0 Å². The van der Waals surface area contributed by atoms with Gasteiger partial charge in [0.25, 0.3) is 5.91 Å². The molecule has 2 aliphatic heterocycles. The molecule has 9 heteroatoms. The minimum Gasteiger partial charge on any atom is -0.474 e. The number of aromatic nitrogens is 1. The lowest BCUT2D eigenvalue weighted by molar-refractivity contribution is -0.116. The Morgan fingerprint density at radius 1 is 0.808 bits per heavy atom. The lowest BCUT2D eigenvalue weighted by Gasteiger charge is -2.34. The summed E-state index contributed by atoms with van der Waals surface area (Å²) in [5, 5.41) is 5.00. The number of nitrogens with one attached hydrogen (secondary N) is 1. The van der Waals surface area contributed by atoms with Crippen LogP contribution < -0.4 is 19.9 Å². The van der Waals surface area contributed by atoms with Crippen molar-refractivity contribution >= 4 is 39.6 Å². The van der Waals surface area contributed by atoms with Crippen LogP contribution >= 0.6 is 0 Å². The van der Waals surface area contributed by atoms with E-state index in [9.17, 15) is 9.59 Å². The van der Waals surface area contributed by atoms with Crippen LogP contribution in [0.4, 0.5) is 17.1 Å². The fourth-order valence-electron chi connectivity index (χ4n) is 7.02. The molecule has 7 rings (SSSR count). The van der Waals surface area contributed by atoms with Gasteiger partial charge in [0, 0.05) is 102 Å². The van der Waals surface area contributed by atoms with Crippen molar-refractivity contribution in [2.24, 2.45) is 0 Å². The van der Waals surface area contributed by atoms with Crippen molar-refractivity contribution in [1.82, 2.24) is 14.8 Å². The van der Waals surface area contributed by atoms with E-state index in [4.69, 9.17) is 4.74 Å². The summed E-state index contributed by atoms with van der Waals surface area (Å²) in [5.41, 5.74) is 6.71. The standard InChI is InChI=1S/C43H48N6O3/c1-46(2)36-14-8-31(9-15-36)10-18-41(50)45-40-29-34-7-5-4-6-33(34)28-39(40)43(51)49-22-20-38(21-23-49)52-42-19-13-35(30-44-42)32-11-16-37(17-12-32)48-26-24-47(3)25-27-48/h4-9,11-17,19,28-30,38H,10,18,20-27H2,1-3H3,(H,45,50). The van der Waals surface area contributed by atoms with Gasteiger partial charge in [0.05, 0.1) is 11.3 Å². The van der Waals surface area contributed by atoms with E-state index in [1.165, 1.54) is 5.69 Å². The van der Waals surface area contributed by atoms with Crippen LogP contribution in [0.25, 0.3) is 21.9 Å². The third-order valence-electron chi connectivity index (χ3n) is 10.3. The Labute approximate surface area is 306 Å². The molecule has 1 aromatic heterocycles. The van der Waals surface area contributed by atoms with Crippen LogP contribution in [0, 0.1) is 0 Å². The van der Waals surface area contributed by atoms with Gasteiger partial charge in [0.2, 0.25) is 11.8 Å². The van der Waals surface area contributed by atoms with Gasteiger partial charge in [-0.05, 0) is 77.8 Å². The molecule has 5 aromatic rings. The van der Waals surface area contributed by atoms with Gasteiger partial charge < -0.3 is 29.7 Å². The summed E-state index contributed by atoms with van der Waals surface area (Å²) in [5.74, 6) is 0.393. The van der Waals surface area contributed by atoms with Crippen LogP contribution in [-0.2, 0) is 11.2 Å². The fourth-order valence-corrected chi connectivity index (χ4v) is 7.02. The lowest BCUT2D eigenvalue weighted by atomic mass is 10.0. The maximum Gasteiger partial charge on any atom is 0.255 e. The number of hydrogen-bond acceptors (Lipinski definition) is 7. The maximum absolute atomic E-state index is 14.0. The van der Waals surface area contributed by atoms with E-state index in [1.807, 2.05) is 67.7 Å². The predicted octanol–water partition coefficient (Wildman–Crippen LogP) is 6.97. The molecule has 1 N–H and O–H groups in total. The first-order chi connectivity index (χ1) is 25.3. The number of piperidine rings is 1. The number of anilines is 3. The minimum atomic E-state index is -0.116. The molecule has 2 saturated heterocycles. The van der Waals surface area contributed by atoms with Gasteiger partial charge in [0.1, 0.15) is 6.10 Å². The van der Waals surface area contributed by atoms with Crippen molar-refractivity contribution in [3.63, 3.8) is 0 Å². The molecule has 3 heterocycles. The van der Waals surface area contributed by atoms with Crippen molar-refractivity contribution in [2.45, 2.75) is 31.8 Å². The van der Waals surface area contributed by atoms with Gasteiger partial charge in [-0.25, -0.2) is 4.98 Å². The quantitative estimate of drug-likeness (QED) is 0.169. The van der Waals surface area contributed by atoms with E-state index in [1.54, 1.807) is 0 Å². The van der Waals surface area contributed by atoms with Gasteiger partial charge >= 0.3 is 0 Å². The number of rotatable bonds is 10. The second kappa shape index (κ2) is 15.9. The molecule has 0 saturated carbocycles. The Morgan fingerprint density at radius 3 is 2.13 bits per heavy atom. The molecule has 0 spiro atoms. The molecule has 2 fully saturated rings. The lowest BCUT2D eigenvalue weighted by Crippen LogP contribution is -2.44. The number of carbonyl (C=O) groups is 2. The molecule has 0 radical (unpaired) electrons. The second-order valence-electron chi connectivity index (χ2n) is 14.2. The molecule has 0 unspecified atom stereocenters. The Morgan fingerprint density at radius 2 is 1.48 bits per heavy atom. The topological polar surface area (TPSA) is 81.2 Å². The number of ether oxygens (including phenoxy) is 1. The Kier molecular flexibility index (Phi) is 10.7. The highest BCUT2D eigenvalue weighted by molar-refractivity contribution is 6.07. The summed E-state index contributed by atoms with van der Waals surface area (Å²) in [6.45, 7) is 5.39. The molecule has 9 nitrogen and oxygen atoms in total. The summed E-state index contributed by atoms with van der Waals surface area (Å²) < 4.78 is 6.28. The third-order valence-corrected chi connectivity index (χ3v) is 10.3. The van der Waals surface area contributed by atoms with Gasteiger partial charge in [-0.1, -0.05) is 48.5 Å². The number of carbonyl (C=O) groups excluding carboxylic acids is 2. The Balaban J connectivity index is 0.947. The van der Waals surface area contributed by atoms with E-state index in [-0.39, 0.29) is 17.9 Å². The number of likely N-dealkylation sites (tertiary alicyclic amines) is 1. The summed E-state index contributed by atoms with van der Waals surface area (Å²) in [4.78, 5) is 40.5. The Bertz CT molecular complexity index is 1980. The Hall–Kier alpha value is -5.41. The van der Waals surface area contributed by atoms with E-state index in [2.05, 4.69) is 86.6 Å². The van der Waals surface area contributed by atoms with Crippen LogP contribution in [0.15, 0.2) is 103 Å². The number of aryl methyl sites for hydroxylation is 1. The van der Waals surface area contributed by atoms with Gasteiger partial charge in [-0.3, -0.25) is 9.59 Å². The number of amides is 2. The first kappa shape index (κ1) is 35.0. The van der Waals surface area contributed by atoms with Crippen LogP contribution in [0.1, 0.15) is 35.2 Å². The van der Waals surface area contributed by atoms with Crippen LogP contribution in [0.5, 0.6) is 5.88 Å². The van der Waals surface area contributed by atoms with Gasteiger partial charge in [0.15, 0.2) is 0 Å². The van der Waals surface area contributed by atoms with Crippen LogP contribution in [-0.4, -0.2) is 93.1 Å². The fraction of sp³-hybridized carbons (Fsp3) is 0.326. The van der Waals surface area contributed by atoms with Crippen molar-refractivity contribution in [2.75, 3.05) is 75.5 Å². The number of likely N-dealkylation sites (N-methyl/N-ethyl adjacent to an activating group) is 1. The van der Waals surface area contributed by atoms with Crippen molar-refractivity contribution < 1.29 is 14.3 Å². The summed E-state index contributed by atoms with van der Waals surface area (Å²) in [7, 11) is 6.19. The molecule has 0 aliphatic carbocycles. The molecular weight excluding hydrogens is 649 g/mol. The molecular formula is C43H48N6O3. The van der Waals surface area contributed by atoms with Crippen molar-refractivity contribution in [1.29, 1.82) is 0 Å². The summed E-state index contributed by atoms with van der Waals surface area (Å²) >= 11 is 0. The summed E-state index contributed by atoms with van der Waals surface area (Å²) in [6.07, 6.45) is 4.17. The smallest absolute Gasteiger partial charge is 0.255 e. The predicted molar refractivity (Wildman–Crippen MR) is 211 cm³/mol. The number of pyridine rings is 1. The number of fused-ring (bicyclic) bond motifs is 1. The van der Waals surface area contributed by atoms with E-state index < -0.39 is 0 Å². The normalized spacial score (nSPS) is 15.4. The number of hydrogen-bond donors (Lipinski definition) is 1. The zero-order valence-corrected chi connectivity index (χ0v) is 30.4. The molecule has 2 amide bonds. The number of benzene rings is 4. The first-order valence-electron chi connectivity index (χ1n) is 18.3. The second-order valence-corrected chi connectivity index (χ2v) is 14.2. The molecule has 0 bridgehead atoms. The van der Waals surface area contributed by atoms with Crippen LogP contribution in [0.3, 0.4) is 0 Å². The van der Waals surface area contributed by atoms with Gasteiger partial charge in [-0.15, -0.1) is 0 Å². The van der Waals surface area contributed by atoms with Gasteiger partial charge in [-0.2, -0.15) is 0 Å². The molecule has 52 heavy (non-hydrogen) atoms. The summed E-state index contributed by atoms with van der Waals surface area (Å²) in [6, 6.07) is 32.7. The molecule has 4 aromatic carbocycles. The van der Waals surface area contributed by atoms with E-state index in [0.29, 0.717) is 55.9 Å². The van der Waals surface area contributed by atoms with Crippen molar-refractivity contribution in [3.05, 3.63) is 114 Å². The highest BCUT2D eigenvalue weighted by Gasteiger charge is 2.27. The maximum atomic E-state index is 14.0. The average Bonchev–Trinajstić information content (AvgIpc) is 3.18. The number of piperazine rings is 1. The molecule has 2 aliphatic rings. The minimum absolute atomic E-state index is 0.0344. The zero-order chi connectivity index (χ0) is 36.0. The zero-order valence-electron chi connectivity index (χ0n) is 30.4. The highest BCUT2D eigenvalue weighted by atomic mass is 16.5. The monoisotopic (exact) mass is 696 g/mol. The van der Waals surface area contributed by atoms with E-state index >= 15 is 0 Å². The molecule has 268 valence electrons. The third kappa shape index (κ3) is 8.37. The number of nitrogens with zero attached hydrogens (tertiary/aromatic N) is 5. The highest BCUT2D eigenvalue weighted by Crippen LogP contribution is 2.29. The SMILES string of the molecule is CN1CCN(c2ccc(-c3ccc(OC4CCN(C(=O)c5cc6ccccc6cc5NC(=O)CCc5ccc(N(C)C)cc5)CC4)nc3)cc2)CC1. The van der Waals surface area contributed by atoms with E-state index in [0.717, 1.165) is 59.3 Å². The first-order valence-corrected chi connectivity index (χ1v) is 18.3. The largest absolute Gasteiger partial charge is 0.474 e. The molecule has 0 atom stereocenters. The van der Waals surface area contributed by atoms with Crippen LogP contribution in [0.2, 0.25) is 0 Å². The average molecular weight is 697 g/mol.